The Morgan fingerprint density at radius 3 is 1.49 bits per heavy atom. The molecule has 5 heterocycles. The molecule has 0 aromatic rings. The van der Waals surface area contributed by atoms with Gasteiger partial charge in [-0.3, -0.25) is 0 Å². The first-order valence-corrected chi connectivity index (χ1v) is 15.6. The average Bonchev–Trinajstić information content (AvgIpc) is 3.73. The van der Waals surface area contributed by atoms with Crippen molar-refractivity contribution in [1.29, 1.82) is 0 Å². The Hall–Kier alpha value is -2.71. The fraction of sp³-hybridized carbons (Fsp3) is 0.444. The Balaban J connectivity index is 0.00000387. The summed E-state index contributed by atoms with van der Waals surface area (Å²) in [4.78, 5) is 21.2. The minimum Gasteiger partial charge on any atom is -0.249 e. The average molecular weight is 728 g/mol. The first-order chi connectivity index (χ1) is 19.5. The zero-order chi connectivity index (χ0) is 28.6. The molecular weight excluding hydrogens is 684 g/mol. The van der Waals surface area contributed by atoms with Crippen LogP contribution in [-0.2, 0) is 21.1 Å². The molecule has 0 N–H and O–H groups in total. The van der Waals surface area contributed by atoms with E-state index in [0.29, 0.717) is 0 Å². The maximum Gasteiger partial charge on any atom is 0.0726 e. The van der Waals surface area contributed by atoms with Gasteiger partial charge in [-0.2, -0.15) is 0 Å². The molecule has 4 nitrogen and oxygen atoms in total. The van der Waals surface area contributed by atoms with Gasteiger partial charge in [0.05, 0.1) is 45.6 Å². The third-order valence-corrected chi connectivity index (χ3v) is 8.77. The topological polar surface area (TPSA) is 49.4 Å². The van der Waals surface area contributed by atoms with Crippen molar-refractivity contribution < 1.29 is 21.1 Å². The van der Waals surface area contributed by atoms with Crippen LogP contribution in [0.4, 0.5) is 0 Å². The molecule has 0 aromatic carbocycles. The molecule has 5 rings (SSSR count). The van der Waals surface area contributed by atoms with Gasteiger partial charge in [0.2, 0.25) is 0 Å². The van der Waals surface area contributed by atoms with Crippen LogP contribution >= 0.6 is 0 Å². The second-order valence-corrected chi connectivity index (χ2v) is 10.7. The molecule has 0 unspecified atom stereocenters. The van der Waals surface area contributed by atoms with Crippen LogP contribution in [0.25, 0.3) is 0 Å². The van der Waals surface area contributed by atoms with Crippen LogP contribution in [-0.4, -0.2) is 22.8 Å². The van der Waals surface area contributed by atoms with Crippen molar-refractivity contribution in [2.24, 2.45) is 20.0 Å². The molecule has 0 radical (unpaired) electrons. The molecule has 218 valence electrons. The number of nitrogens with zero attached hydrogens (tertiary/aromatic N) is 4. The Morgan fingerprint density at radius 2 is 0.927 bits per heavy atom. The monoisotopic (exact) mass is 727 g/mol. The predicted molar refractivity (Wildman–Crippen MR) is 173 cm³/mol. The maximum absolute atomic E-state index is 5.54. The van der Waals surface area contributed by atoms with Crippen molar-refractivity contribution in [2.45, 2.75) is 107 Å². The molecule has 41 heavy (non-hydrogen) atoms. The van der Waals surface area contributed by atoms with Crippen LogP contribution in [0.15, 0.2) is 112 Å². The molecule has 5 aliphatic rings. The maximum atomic E-state index is 5.54. The van der Waals surface area contributed by atoms with Crippen molar-refractivity contribution >= 4 is 22.8 Å². The summed E-state index contributed by atoms with van der Waals surface area (Å²) in [6.07, 6.45) is 16.1. The quantitative estimate of drug-likeness (QED) is 0.239. The molecule has 5 heteroatoms. The third kappa shape index (κ3) is 5.22. The first kappa shape index (κ1) is 31.2. The van der Waals surface area contributed by atoms with Crippen LogP contribution in [0, 0.1) is 0 Å². The van der Waals surface area contributed by atoms with E-state index in [0.717, 1.165) is 97.0 Å². The van der Waals surface area contributed by atoms with E-state index in [1.54, 1.807) is 0 Å². The molecule has 0 aliphatic carbocycles. The second-order valence-electron chi connectivity index (χ2n) is 10.7. The Morgan fingerprint density at radius 1 is 0.439 bits per heavy atom. The molecule has 0 spiro atoms. The summed E-state index contributed by atoms with van der Waals surface area (Å²) in [5.41, 5.74) is 19.3. The largest absolute Gasteiger partial charge is 0.249 e. The Bertz CT molecular complexity index is 1540. The van der Waals surface area contributed by atoms with Gasteiger partial charge in [-0.15, -0.1) is 0 Å². The molecule has 5 aliphatic heterocycles. The summed E-state index contributed by atoms with van der Waals surface area (Å²) < 4.78 is 0. The normalized spacial score (nSPS) is 20.1. The van der Waals surface area contributed by atoms with Gasteiger partial charge >= 0.3 is 0 Å². The number of aliphatic imine (C=N–C) groups is 4. The predicted octanol–water partition coefficient (Wildman–Crippen LogP) is 9.82. The molecule has 0 atom stereocenters. The van der Waals surface area contributed by atoms with E-state index in [1.807, 2.05) is 0 Å². The zero-order valence-corrected chi connectivity index (χ0v) is 28.3. The number of hydrogen-bond donors (Lipinski definition) is 0. The SMILES string of the molecule is CCC1=C(CC)C2=NC1=CC1=NC(=CC3=NC(=C(CC)C4=NC(=C2CC)C(CC)=C4CC)C(CC)=C3CC)C=C1.[Pt]. The van der Waals surface area contributed by atoms with Crippen LogP contribution in [0.2, 0.25) is 0 Å². The number of hydrogen-bond acceptors (Lipinski definition) is 4. The van der Waals surface area contributed by atoms with Gasteiger partial charge in [-0.25, -0.2) is 20.0 Å². The third-order valence-electron chi connectivity index (χ3n) is 8.77. The number of allylic oxidation sites excluding steroid dienone is 12. The van der Waals surface area contributed by atoms with Crippen molar-refractivity contribution in [3.63, 3.8) is 0 Å². The van der Waals surface area contributed by atoms with Gasteiger partial charge < -0.3 is 0 Å². The molecule has 0 saturated heterocycles. The van der Waals surface area contributed by atoms with E-state index in [-0.39, 0.29) is 21.1 Å². The van der Waals surface area contributed by atoms with Crippen LogP contribution in [0.3, 0.4) is 0 Å². The molecule has 0 saturated carbocycles. The van der Waals surface area contributed by atoms with E-state index in [4.69, 9.17) is 20.0 Å². The fourth-order valence-corrected chi connectivity index (χ4v) is 6.92. The summed E-state index contributed by atoms with van der Waals surface area (Å²) in [6.45, 7) is 18.1. The first-order valence-electron chi connectivity index (χ1n) is 15.6. The second kappa shape index (κ2) is 13.1. The van der Waals surface area contributed by atoms with Crippen molar-refractivity contribution in [3.05, 3.63) is 91.7 Å². The Labute approximate surface area is 261 Å². The van der Waals surface area contributed by atoms with Gasteiger partial charge in [-0.1, -0.05) is 55.4 Å². The Kier molecular flexibility index (Phi) is 9.96. The van der Waals surface area contributed by atoms with Crippen molar-refractivity contribution in [1.82, 2.24) is 0 Å². The fourth-order valence-electron chi connectivity index (χ4n) is 6.92. The minimum atomic E-state index is 0. The van der Waals surface area contributed by atoms with Gasteiger partial charge in [0.25, 0.3) is 0 Å². The number of rotatable bonds is 8. The smallest absolute Gasteiger partial charge is 0.0726 e. The summed E-state index contributed by atoms with van der Waals surface area (Å²) >= 11 is 0. The van der Waals surface area contributed by atoms with E-state index in [9.17, 15) is 0 Å². The zero-order valence-electron chi connectivity index (χ0n) is 26.1. The molecule has 0 amide bonds. The summed E-state index contributed by atoms with van der Waals surface area (Å²) in [6, 6.07) is 0. The molecular formula is C36H44N4Pt. The molecule has 0 aromatic heterocycles. The van der Waals surface area contributed by atoms with Crippen molar-refractivity contribution in [3.8, 4) is 0 Å². The van der Waals surface area contributed by atoms with Gasteiger partial charge in [-0.05, 0) is 109 Å². The molecule has 8 bridgehead atoms. The van der Waals surface area contributed by atoms with E-state index in [2.05, 4.69) is 79.7 Å². The number of fused-ring (bicyclic) bond motifs is 4. The van der Waals surface area contributed by atoms with E-state index >= 15 is 0 Å². The van der Waals surface area contributed by atoms with Gasteiger partial charge in [0.15, 0.2) is 0 Å². The standard InChI is InChI=1S/C36H44N4.Pt/c1-9-23-25(11-3)33-29(15-7)35-27(13-5)28(14-6)36(40-35)30(16-8)34-26(12-4)24(10-2)32(39-34)20-22-18-17-21(37-22)19-31(23)38-33;/h17-20H,9-16H2,1-8H3;. The van der Waals surface area contributed by atoms with Gasteiger partial charge in [0, 0.05) is 32.2 Å². The van der Waals surface area contributed by atoms with Crippen LogP contribution < -0.4 is 0 Å². The molecule has 0 fully saturated rings. The van der Waals surface area contributed by atoms with Crippen LogP contribution in [0.1, 0.15) is 107 Å². The van der Waals surface area contributed by atoms with E-state index in [1.165, 1.54) is 44.6 Å². The summed E-state index contributed by atoms with van der Waals surface area (Å²) in [5, 5.41) is 0. The minimum absolute atomic E-state index is 0. The van der Waals surface area contributed by atoms with Gasteiger partial charge in [0.1, 0.15) is 0 Å². The van der Waals surface area contributed by atoms with Crippen LogP contribution in [0.5, 0.6) is 0 Å². The summed E-state index contributed by atoms with van der Waals surface area (Å²) in [5.74, 6) is 0. The summed E-state index contributed by atoms with van der Waals surface area (Å²) in [7, 11) is 0. The van der Waals surface area contributed by atoms with E-state index < -0.39 is 0 Å². The van der Waals surface area contributed by atoms with Crippen molar-refractivity contribution in [2.75, 3.05) is 0 Å².